The molecule has 1 aliphatic heterocycles. The Hall–Kier alpha value is 0.270. The van der Waals surface area contributed by atoms with Crippen molar-refractivity contribution in [2.75, 3.05) is 25.4 Å². The number of hydrogen-bond acceptors (Lipinski definition) is 3. The fourth-order valence-corrected chi connectivity index (χ4v) is 2.18. The van der Waals surface area contributed by atoms with Gasteiger partial charge in [0.2, 0.25) is 0 Å². The number of hydrogen-bond donors (Lipinski definition) is 3. The highest BCUT2D eigenvalue weighted by atomic mass is 32.1. The van der Waals surface area contributed by atoms with E-state index in [1.54, 1.807) is 0 Å². The molecule has 1 atom stereocenters. The maximum Gasteiger partial charge on any atom is -0.00384 e. The summed E-state index contributed by atoms with van der Waals surface area (Å²) < 4.78 is 0. The highest BCUT2D eigenvalue weighted by Gasteiger charge is 2.20. The molecule has 1 saturated heterocycles. The van der Waals surface area contributed by atoms with Gasteiger partial charge in [-0.2, -0.15) is 12.6 Å². The zero-order chi connectivity index (χ0) is 8.10. The average molecular weight is 174 g/mol. The molecular formula is C8H18N2S. The summed E-state index contributed by atoms with van der Waals surface area (Å²) in [5, 5.41) is 3.35. The van der Waals surface area contributed by atoms with Crippen LogP contribution in [0.2, 0.25) is 0 Å². The number of rotatable bonds is 3. The molecule has 0 aromatic heterocycles. The van der Waals surface area contributed by atoms with Gasteiger partial charge < -0.3 is 11.1 Å². The van der Waals surface area contributed by atoms with Gasteiger partial charge >= 0.3 is 0 Å². The van der Waals surface area contributed by atoms with Gasteiger partial charge in [0.05, 0.1) is 0 Å². The topological polar surface area (TPSA) is 38.0 Å². The molecule has 11 heavy (non-hydrogen) atoms. The second-order valence-electron chi connectivity index (χ2n) is 3.27. The smallest absolute Gasteiger partial charge is 0.00384 e. The van der Waals surface area contributed by atoms with Crippen LogP contribution in [0.1, 0.15) is 12.8 Å². The van der Waals surface area contributed by atoms with E-state index in [0.717, 1.165) is 31.3 Å². The molecule has 1 unspecified atom stereocenters. The predicted octanol–water partition coefficient (Wildman–Crippen LogP) is 0.491. The van der Waals surface area contributed by atoms with Crippen LogP contribution >= 0.6 is 12.6 Å². The zero-order valence-corrected chi connectivity index (χ0v) is 7.82. The summed E-state index contributed by atoms with van der Waals surface area (Å²) in [6, 6.07) is 0. The van der Waals surface area contributed by atoms with Crippen LogP contribution in [0.5, 0.6) is 0 Å². The van der Waals surface area contributed by atoms with Crippen LogP contribution in [-0.4, -0.2) is 25.4 Å². The van der Waals surface area contributed by atoms with Crippen molar-refractivity contribution in [3.8, 4) is 0 Å². The van der Waals surface area contributed by atoms with E-state index in [-0.39, 0.29) is 0 Å². The van der Waals surface area contributed by atoms with E-state index in [4.69, 9.17) is 5.73 Å². The largest absolute Gasteiger partial charge is 0.330 e. The first-order valence-corrected chi connectivity index (χ1v) is 5.03. The molecule has 1 aliphatic rings. The van der Waals surface area contributed by atoms with Gasteiger partial charge in [-0.05, 0) is 50.1 Å². The molecule has 0 spiro atoms. The fraction of sp³-hybridized carbons (Fsp3) is 1.00. The molecule has 0 bridgehead atoms. The van der Waals surface area contributed by atoms with Crippen molar-refractivity contribution in [1.29, 1.82) is 0 Å². The van der Waals surface area contributed by atoms with E-state index in [1.807, 2.05) is 0 Å². The third-order valence-electron chi connectivity index (χ3n) is 2.59. The van der Waals surface area contributed by atoms with Crippen molar-refractivity contribution in [3.63, 3.8) is 0 Å². The predicted molar refractivity (Wildman–Crippen MR) is 52.0 cm³/mol. The summed E-state index contributed by atoms with van der Waals surface area (Å²) in [6.07, 6.45) is 2.56. The monoisotopic (exact) mass is 174 g/mol. The van der Waals surface area contributed by atoms with E-state index < -0.39 is 0 Å². The van der Waals surface area contributed by atoms with Crippen molar-refractivity contribution in [3.05, 3.63) is 0 Å². The van der Waals surface area contributed by atoms with Crippen molar-refractivity contribution >= 4 is 12.6 Å². The van der Waals surface area contributed by atoms with Gasteiger partial charge in [-0.1, -0.05) is 0 Å². The van der Waals surface area contributed by atoms with Crippen molar-refractivity contribution < 1.29 is 0 Å². The van der Waals surface area contributed by atoms with Gasteiger partial charge in [0.25, 0.3) is 0 Å². The lowest BCUT2D eigenvalue weighted by molar-refractivity contribution is 0.285. The first kappa shape index (κ1) is 9.36. The minimum Gasteiger partial charge on any atom is -0.330 e. The van der Waals surface area contributed by atoms with E-state index in [0.29, 0.717) is 5.92 Å². The minimum absolute atomic E-state index is 0.639. The summed E-state index contributed by atoms with van der Waals surface area (Å²) >= 11 is 4.31. The third kappa shape index (κ3) is 2.65. The van der Waals surface area contributed by atoms with E-state index in [9.17, 15) is 0 Å². The molecule has 2 nitrogen and oxygen atoms in total. The molecule has 1 rings (SSSR count). The molecule has 0 radical (unpaired) electrons. The second kappa shape index (κ2) is 5.01. The highest BCUT2D eigenvalue weighted by Crippen LogP contribution is 2.21. The van der Waals surface area contributed by atoms with Crippen LogP contribution in [0.15, 0.2) is 0 Å². The Morgan fingerprint density at radius 3 is 2.55 bits per heavy atom. The summed E-state index contributed by atoms with van der Waals surface area (Å²) in [5.74, 6) is 2.40. The van der Waals surface area contributed by atoms with Crippen LogP contribution in [0.3, 0.4) is 0 Å². The van der Waals surface area contributed by atoms with Crippen LogP contribution in [-0.2, 0) is 0 Å². The van der Waals surface area contributed by atoms with Crippen molar-refractivity contribution in [1.82, 2.24) is 5.32 Å². The molecule has 1 fully saturated rings. The summed E-state index contributed by atoms with van der Waals surface area (Å²) in [4.78, 5) is 0. The second-order valence-corrected chi connectivity index (χ2v) is 3.63. The number of nitrogens with two attached hydrogens (primary N) is 1. The molecular weight excluding hydrogens is 156 g/mol. The molecule has 0 aliphatic carbocycles. The zero-order valence-electron chi connectivity index (χ0n) is 6.92. The van der Waals surface area contributed by atoms with Gasteiger partial charge in [-0.3, -0.25) is 0 Å². The maximum atomic E-state index is 5.64. The molecule has 0 saturated carbocycles. The normalized spacial score (nSPS) is 23.5. The Labute approximate surface area is 74.3 Å². The minimum atomic E-state index is 0.639. The Kier molecular flexibility index (Phi) is 4.26. The van der Waals surface area contributed by atoms with Gasteiger partial charge in [-0.25, -0.2) is 0 Å². The molecule has 3 heteroatoms. The van der Waals surface area contributed by atoms with Crippen molar-refractivity contribution in [2.45, 2.75) is 12.8 Å². The van der Waals surface area contributed by atoms with Gasteiger partial charge in [0, 0.05) is 0 Å². The maximum absolute atomic E-state index is 5.64. The summed E-state index contributed by atoms with van der Waals surface area (Å²) in [5.41, 5.74) is 5.64. The summed E-state index contributed by atoms with van der Waals surface area (Å²) in [6.45, 7) is 3.12. The average Bonchev–Trinajstić information content (AvgIpc) is 2.09. The molecule has 3 N–H and O–H groups in total. The van der Waals surface area contributed by atoms with Gasteiger partial charge in [0.15, 0.2) is 0 Å². The number of piperidine rings is 1. The van der Waals surface area contributed by atoms with Crippen molar-refractivity contribution in [2.24, 2.45) is 17.6 Å². The standard InChI is InChI=1S/C8H18N2S/c9-5-8(6-11)7-1-3-10-4-2-7/h7-8,10-11H,1-6,9H2. The molecule has 0 aromatic rings. The lowest BCUT2D eigenvalue weighted by atomic mass is 9.86. The van der Waals surface area contributed by atoms with Gasteiger partial charge in [-0.15, -0.1) is 0 Å². The Balaban J connectivity index is 2.30. The summed E-state index contributed by atoms with van der Waals surface area (Å²) in [7, 11) is 0. The number of thiol groups is 1. The lowest BCUT2D eigenvalue weighted by Gasteiger charge is -2.28. The lowest BCUT2D eigenvalue weighted by Crippen LogP contribution is -2.35. The molecule has 66 valence electrons. The first-order valence-electron chi connectivity index (χ1n) is 4.40. The van der Waals surface area contributed by atoms with E-state index in [1.165, 1.54) is 12.8 Å². The molecule has 0 aromatic carbocycles. The van der Waals surface area contributed by atoms with Crippen LogP contribution < -0.4 is 11.1 Å². The fourth-order valence-electron chi connectivity index (χ4n) is 1.73. The Bertz CT molecular complexity index is 98.3. The third-order valence-corrected chi connectivity index (χ3v) is 3.06. The molecule has 0 amide bonds. The first-order chi connectivity index (χ1) is 5.38. The highest BCUT2D eigenvalue weighted by molar-refractivity contribution is 7.80. The van der Waals surface area contributed by atoms with Crippen LogP contribution in [0.4, 0.5) is 0 Å². The Morgan fingerprint density at radius 1 is 1.45 bits per heavy atom. The number of nitrogens with one attached hydrogen (secondary N) is 1. The quantitative estimate of drug-likeness (QED) is 0.545. The van der Waals surface area contributed by atoms with Gasteiger partial charge in [0.1, 0.15) is 0 Å². The Morgan fingerprint density at radius 2 is 2.09 bits per heavy atom. The SMILES string of the molecule is NCC(CS)C1CCNCC1. The molecule has 1 heterocycles. The van der Waals surface area contributed by atoms with E-state index in [2.05, 4.69) is 17.9 Å². The van der Waals surface area contributed by atoms with E-state index >= 15 is 0 Å². The van der Waals surface area contributed by atoms with Crippen LogP contribution in [0, 0.1) is 11.8 Å². The van der Waals surface area contributed by atoms with Crippen LogP contribution in [0.25, 0.3) is 0 Å².